The molecule has 156 valence electrons. The number of sulfonamides is 1. The molecule has 0 saturated heterocycles. The lowest BCUT2D eigenvalue weighted by Crippen LogP contribution is -2.26. The monoisotopic (exact) mass is 420 g/mol. The molecule has 3 rings (SSSR count). The minimum atomic E-state index is -3.75. The van der Waals surface area contributed by atoms with Crippen LogP contribution in [0.15, 0.2) is 41.3 Å². The van der Waals surface area contributed by atoms with Crippen molar-refractivity contribution < 1.29 is 27.8 Å². The highest BCUT2D eigenvalue weighted by atomic mass is 32.2. The number of aliphatic hydroxyl groups is 1. The Kier molecular flexibility index (Phi) is 6.41. The maximum atomic E-state index is 12.6. The molecule has 0 bridgehead atoms. The van der Waals surface area contributed by atoms with Gasteiger partial charge in [0, 0.05) is 18.7 Å². The zero-order valence-electron chi connectivity index (χ0n) is 16.3. The predicted molar refractivity (Wildman–Crippen MR) is 107 cm³/mol. The molecule has 1 atom stereocenters. The number of rotatable bonds is 8. The summed E-state index contributed by atoms with van der Waals surface area (Å²) in [5.41, 5.74) is 1.69. The van der Waals surface area contributed by atoms with Crippen LogP contribution in [0.25, 0.3) is 0 Å². The van der Waals surface area contributed by atoms with Crippen LogP contribution in [-0.4, -0.2) is 32.8 Å². The number of carbonyl (C=O) groups is 1. The first-order valence-corrected chi connectivity index (χ1v) is 10.8. The second kappa shape index (κ2) is 8.81. The molecule has 0 spiro atoms. The van der Waals surface area contributed by atoms with Gasteiger partial charge in [-0.05, 0) is 54.8 Å². The third-order valence-electron chi connectivity index (χ3n) is 4.56. The molecule has 1 aliphatic rings. The van der Waals surface area contributed by atoms with Crippen LogP contribution in [0, 0.1) is 6.92 Å². The van der Waals surface area contributed by atoms with Crippen LogP contribution in [0.3, 0.4) is 0 Å². The SMILES string of the molecule is CCC(=O)Nc1ccc(S(=O)(=O)NCCC(O)c2ccc3c(c2)OCO3)c(C)c1. The van der Waals surface area contributed by atoms with E-state index >= 15 is 0 Å². The highest BCUT2D eigenvalue weighted by Gasteiger charge is 2.19. The first kappa shape index (κ1) is 21.1. The van der Waals surface area contributed by atoms with Gasteiger partial charge in [0.25, 0.3) is 0 Å². The number of benzene rings is 2. The number of amides is 1. The Bertz CT molecular complexity index is 1010. The van der Waals surface area contributed by atoms with Crippen LogP contribution >= 0.6 is 0 Å². The Hall–Kier alpha value is -2.62. The quantitative estimate of drug-likeness (QED) is 0.605. The molecule has 9 heteroatoms. The van der Waals surface area contributed by atoms with E-state index in [1.807, 2.05) is 0 Å². The van der Waals surface area contributed by atoms with Crippen LogP contribution in [-0.2, 0) is 14.8 Å². The Labute approximate surface area is 169 Å². The van der Waals surface area contributed by atoms with Crippen molar-refractivity contribution in [3.05, 3.63) is 47.5 Å². The molecule has 0 aliphatic carbocycles. The van der Waals surface area contributed by atoms with Crippen molar-refractivity contribution in [2.45, 2.75) is 37.7 Å². The molecule has 1 unspecified atom stereocenters. The molecule has 0 radical (unpaired) electrons. The Morgan fingerprint density at radius 2 is 1.93 bits per heavy atom. The van der Waals surface area contributed by atoms with Crippen LogP contribution in [0.4, 0.5) is 5.69 Å². The molecule has 29 heavy (non-hydrogen) atoms. The van der Waals surface area contributed by atoms with E-state index in [0.29, 0.717) is 34.7 Å². The van der Waals surface area contributed by atoms with Crippen molar-refractivity contribution in [2.24, 2.45) is 0 Å². The number of carbonyl (C=O) groups excluding carboxylic acids is 1. The van der Waals surface area contributed by atoms with Crippen LogP contribution in [0.2, 0.25) is 0 Å². The summed E-state index contributed by atoms with van der Waals surface area (Å²) in [5.74, 6) is 1.04. The smallest absolute Gasteiger partial charge is 0.240 e. The largest absolute Gasteiger partial charge is 0.454 e. The van der Waals surface area contributed by atoms with Crippen molar-refractivity contribution in [3.63, 3.8) is 0 Å². The normalized spacial score (nSPS) is 13.9. The van der Waals surface area contributed by atoms with E-state index in [9.17, 15) is 18.3 Å². The number of ether oxygens (including phenoxy) is 2. The fraction of sp³-hybridized carbons (Fsp3) is 0.350. The number of fused-ring (bicyclic) bond motifs is 1. The lowest BCUT2D eigenvalue weighted by atomic mass is 10.1. The minimum Gasteiger partial charge on any atom is -0.454 e. The van der Waals surface area contributed by atoms with Crippen LogP contribution in [0.1, 0.15) is 37.0 Å². The van der Waals surface area contributed by atoms with Gasteiger partial charge < -0.3 is 19.9 Å². The van der Waals surface area contributed by atoms with Gasteiger partial charge in [0.1, 0.15) is 0 Å². The van der Waals surface area contributed by atoms with Gasteiger partial charge in [-0.15, -0.1) is 0 Å². The summed E-state index contributed by atoms with van der Waals surface area (Å²) in [4.78, 5) is 11.6. The lowest BCUT2D eigenvalue weighted by Gasteiger charge is -2.14. The second-order valence-corrected chi connectivity index (χ2v) is 8.43. The summed E-state index contributed by atoms with van der Waals surface area (Å²) in [6, 6.07) is 9.75. The van der Waals surface area contributed by atoms with Crippen molar-refractivity contribution in [1.82, 2.24) is 4.72 Å². The van der Waals surface area contributed by atoms with Crippen molar-refractivity contribution in [1.29, 1.82) is 0 Å². The van der Waals surface area contributed by atoms with E-state index in [1.54, 1.807) is 44.2 Å². The zero-order chi connectivity index (χ0) is 21.0. The fourth-order valence-electron chi connectivity index (χ4n) is 2.97. The van der Waals surface area contributed by atoms with Crippen LogP contribution in [0.5, 0.6) is 11.5 Å². The number of anilines is 1. The molecule has 3 N–H and O–H groups in total. The Morgan fingerprint density at radius 1 is 1.17 bits per heavy atom. The predicted octanol–water partition coefficient (Wildman–Crippen LogP) is 2.47. The number of aliphatic hydroxyl groups excluding tert-OH is 1. The zero-order valence-corrected chi connectivity index (χ0v) is 17.1. The van der Waals surface area contributed by atoms with E-state index in [1.165, 1.54) is 6.07 Å². The van der Waals surface area contributed by atoms with Gasteiger partial charge in [-0.25, -0.2) is 13.1 Å². The first-order chi connectivity index (χ1) is 13.8. The van der Waals surface area contributed by atoms with E-state index in [-0.39, 0.29) is 30.6 Å². The fourth-order valence-corrected chi connectivity index (χ4v) is 4.24. The standard InChI is InChI=1S/C20H24N2O6S/c1-3-20(24)22-15-5-7-19(13(2)10-15)29(25,26)21-9-8-16(23)14-4-6-17-18(11-14)28-12-27-17/h4-7,10-11,16,21,23H,3,8-9,12H2,1-2H3,(H,22,24). The van der Waals surface area contributed by atoms with E-state index in [0.717, 1.165) is 0 Å². The second-order valence-electron chi connectivity index (χ2n) is 6.70. The Morgan fingerprint density at radius 3 is 2.66 bits per heavy atom. The summed E-state index contributed by atoms with van der Waals surface area (Å²) < 4.78 is 38.2. The van der Waals surface area contributed by atoms with Gasteiger partial charge in [0.15, 0.2) is 11.5 Å². The van der Waals surface area contributed by atoms with E-state index in [2.05, 4.69) is 10.0 Å². The maximum absolute atomic E-state index is 12.6. The average Bonchev–Trinajstić information content (AvgIpc) is 3.15. The minimum absolute atomic E-state index is 0.0612. The summed E-state index contributed by atoms with van der Waals surface area (Å²) in [5, 5.41) is 13.0. The molecular weight excluding hydrogens is 396 g/mol. The molecule has 2 aromatic carbocycles. The third kappa shape index (κ3) is 5.06. The van der Waals surface area contributed by atoms with Gasteiger partial charge >= 0.3 is 0 Å². The average molecular weight is 420 g/mol. The highest BCUT2D eigenvalue weighted by Crippen LogP contribution is 2.34. The third-order valence-corrected chi connectivity index (χ3v) is 6.18. The molecule has 8 nitrogen and oxygen atoms in total. The van der Waals surface area contributed by atoms with Gasteiger partial charge in [-0.3, -0.25) is 4.79 Å². The highest BCUT2D eigenvalue weighted by molar-refractivity contribution is 7.89. The van der Waals surface area contributed by atoms with Crippen molar-refractivity contribution in [2.75, 3.05) is 18.7 Å². The number of nitrogens with one attached hydrogen (secondary N) is 2. The topological polar surface area (TPSA) is 114 Å². The summed E-state index contributed by atoms with van der Waals surface area (Å²) in [6.07, 6.45) is -0.311. The van der Waals surface area contributed by atoms with Crippen molar-refractivity contribution in [3.8, 4) is 11.5 Å². The van der Waals surface area contributed by atoms with E-state index < -0.39 is 16.1 Å². The maximum Gasteiger partial charge on any atom is 0.240 e. The van der Waals surface area contributed by atoms with Gasteiger partial charge in [-0.2, -0.15) is 0 Å². The van der Waals surface area contributed by atoms with Gasteiger partial charge in [-0.1, -0.05) is 13.0 Å². The first-order valence-electron chi connectivity index (χ1n) is 9.28. The molecular formula is C20H24N2O6S. The van der Waals surface area contributed by atoms with Gasteiger partial charge in [0.2, 0.25) is 22.7 Å². The van der Waals surface area contributed by atoms with E-state index in [4.69, 9.17) is 9.47 Å². The molecule has 0 saturated carbocycles. The molecule has 2 aromatic rings. The summed E-state index contributed by atoms with van der Waals surface area (Å²) >= 11 is 0. The number of aryl methyl sites for hydroxylation is 1. The molecule has 1 amide bonds. The van der Waals surface area contributed by atoms with Crippen molar-refractivity contribution >= 4 is 21.6 Å². The summed E-state index contributed by atoms with van der Waals surface area (Å²) in [7, 11) is -3.75. The number of hydrogen-bond donors (Lipinski definition) is 3. The Balaban J connectivity index is 1.60. The molecule has 1 heterocycles. The molecule has 0 fully saturated rings. The lowest BCUT2D eigenvalue weighted by molar-refractivity contribution is -0.115. The number of hydrogen-bond acceptors (Lipinski definition) is 6. The molecule has 1 aliphatic heterocycles. The molecule has 0 aromatic heterocycles. The van der Waals surface area contributed by atoms with Crippen LogP contribution < -0.4 is 19.5 Å². The van der Waals surface area contributed by atoms with Gasteiger partial charge in [0.05, 0.1) is 11.0 Å². The summed E-state index contributed by atoms with van der Waals surface area (Å²) in [6.45, 7) is 3.61.